The first kappa shape index (κ1) is 14.4. The van der Waals surface area contributed by atoms with E-state index in [-0.39, 0.29) is 29.4 Å². The molecule has 0 radical (unpaired) electrons. The summed E-state index contributed by atoms with van der Waals surface area (Å²) in [7, 11) is 0. The summed E-state index contributed by atoms with van der Waals surface area (Å²) in [6.45, 7) is 0. The van der Waals surface area contributed by atoms with Crippen LogP contribution in [-0.2, 0) is 0 Å². The highest BCUT2D eigenvalue weighted by atomic mass is 16.2. The second kappa shape index (κ2) is 6.46. The average molecular weight is 299 g/mol. The van der Waals surface area contributed by atoms with Gasteiger partial charge in [-0.3, -0.25) is 9.59 Å². The predicted octanol–water partition coefficient (Wildman–Crippen LogP) is 0.947. The number of aromatic nitrogens is 4. The molecule has 2 heterocycles. The maximum atomic E-state index is 12.0. The van der Waals surface area contributed by atoms with Crippen LogP contribution in [0, 0.1) is 0 Å². The lowest BCUT2D eigenvalue weighted by atomic mass is 9.91. The molecule has 2 aromatic heterocycles. The summed E-state index contributed by atoms with van der Waals surface area (Å²) in [5.74, 6) is -0.0652. The second-order valence-corrected chi connectivity index (χ2v) is 5.36. The zero-order valence-electron chi connectivity index (χ0n) is 12.1. The summed E-state index contributed by atoms with van der Waals surface area (Å²) >= 11 is 0. The van der Waals surface area contributed by atoms with Gasteiger partial charge in [-0.2, -0.15) is 5.10 Å². The lowest BCUT2D eigenvalue weighted by molar-refractivity contribution is 0.0910. The van der Waals surface area contributed by atoms with Crippen LogP contribution in [0.25, 0.3) is 0 Å². The Bertz CT molecular complexity index is 692. The molecule has 1 N–H and O–H groups in total. The number of carbonyl (C=O) groups excluding carboxylic acids is 1. The van der Waals surface area contributed by atoms with Crippen molar-refractivity contribution in [3.8, 4) is 0 Å². The van der Waals surface area contributed by atoms with Gasteiger partial charge in [0.2, 0.25) is 5.82 Å². The topological polar surface area (TPSA) is 89.8 Å². The molecule has 114 valence electrons. The fourth-order valence-electron chi connectivity index (χ4n) is 2.77. The van der Waals surface area contributed by atoms with E-state index in [0.717, 1.165) is 25.7 Å². The van der Waals surface area contributed by atoms with Crippen molar-refractivity contribution in [1.82, 2.24) is 25.1 Å². The number of nitrogens with one attached hydrogen (secondary N) is 1. The Balaban J connectivity index is 1.57. The number of carbonyl (C=O) groups is 1. The van der Waals surface area contributed by atoms with Crippen LogP contribution in [0.4, 0.5) is 0 Å². The maximum absolute atomic E-state index is 12.0. The van der Waals surface area contributed by atoms with Crippen molar-refractivity contribution >= 4 is 5.91 Å². The Labute approximate surface area is 127 Å². The lowest BCUT2D eigenvalue weighted by Gasteiger charge is -2.29. The molecule has 0 atom stereocenters. The first-order chi connectivity index (χ1) is 10.7. The van der Waals surface area contributed by atoms with Crippen LogP contribution in [0.2, 0.25) is 0 Å². The highest BCUT2D eigenvalue weighted by Crippen LogP contribution is 2.26. The molecular formula is C15H17N5O2. The Hall–Kier alpha value is -2.57. The van der Waals surface area contributed by atoms with Crippen LogP contribution in [0.3, 0.4) is 0 Å². The van der Waals surface area contributed by atoms with Gasteiger partial charge in [0.05, 0.1) is 6.04 Å². The Morgan fingerprint density at radius 2 is 1.82 bits per heavy atom. The van der Waals surface area contributed by atoms with Crippen molar-refractivity contribution in [2.75, 3.05) is 0 Å². The van der Waals surface area contributed by atoms with E-state index in [1.54, 1.807) is 35.4 Å². The van der Waals surface area contributed by atoms with Crippen molar-refractivity contribution in [2.45, 2.75) is 37.8 Å². The molecule has 0 aromatic carbocycles. The molecule has 0 saturated heterocycles. The third-order valence-electron chi connectivity index (χ3n) is 3.89. The molecule has 0 unspecified atom stereocenters. The van der Waals surface area contributed by atoms with Gasteiger partial charge < -0.3 is 5.32 Å². The van der Waals surface area contributed by atoms with Gasteiger partial charge in [0.15, 0.2) is 0 Å². The average Bonchev–Trinajstić information content (AvgIpc) is 2.57. The Morgan fingerprint density at radius 3 is 2.50 bits per heavy atom. The van der Waals surface area contributed by atoms with E-state index < -0.39 is 0 Å². The smallest absolute Gasteiger partial charge is 0.289 e. The summed E-state index contributed by atoms with van der Waals surface area (Å²) in [5.41, 5.74) is -0.0762. The van der Waals surface area contributed by atoms with Crippen molar-refractivity contribution in [1.29, 1.82) is 0 Å². The molecule has 0 spiro atoms. The number of rotatable bonds is 3. The first-order valence-electron chi connectivity index (χ1n) is 7.36. The molecule has 1 saturated carbocycles. The fourth-order valence-corrected chi connectivity index (χ4v) is 2.77. The van der Waals surface area contributed by atoms with E-state index in [9.17, 15) is 9.59 Å². The van der Waals surface area contributed by atoms with Crippen LogP contribution >= 0.6 is 0 Å². The van der Waals surface area contributed by atoms with E-state index in [0.29, 0.717) is 0 Å². The summed E-state index contributed by atoms with van der Waals surface area (Å²) in [5, 5.41) is 7.08. The second-order valence-electron chi connectivity index (χ2n) is 5.36. The number of hydrogen-bond acceptors (Lipinski definition) is 5. The minimum atomic E-state index is -0.251. The van der Waals surface area contributed by atoms with Gasteiger partial charge >= 0.3 is 0 Å². The van der Waals surface area contributed by atoms with Gasteiger partial charge in [-0.25, -0.2) is 14.6 Å². The quantitative estimate of drug-likeness (QED) is 0.911. The fraction of sp³-hybridized carbons (Fsp3) is 0.400. The van der Waals surface area contributed by atoms with E-state index in [1.807, 2.05) is 0 Å². The highest BCUT2D eigenvalue weighted by molar-refractivity contribution is 5.90. The van der Waals surface area contributed by atoms with Crippen molar-refractivity contribution < 1.29 is 4.79 Å². The molecule has 7 heteroatoms. The van der Waals surface area contributed by atoms with Crippen molar-refractivity contribution in [3.63, 3.8) is 0 Å². The summed E-state index contributed by atoms with van der Waals surface area (Å²) < 4.78 is 1.54. The van der Waals surface area contributed by atoms with Gasteiger partial charge in [-0.05, 0) is 37.8 Å². The third-order valence-corrected chi connectivity index (χ3v) is 3.89. The van der Waals surface area contributed by atoms with Crippen LogP contribution in [0.1, 0.15) is 42.3 Å². The summed E-state index contributed by atoms with van der Waals surface area (Å²) in [6, 6.07) is 5.03. The molecule has 3 rings (SSSR count). The largest absolute Gasteiger partial charge is 0.347 e. The first-order valence-corrected chi connectivity index (χ1v) is 7.36. The molecule has 22 heavy (non-hydrogen) atoms. The van der Waals surface area contributed by atoms with Gasteiger partial charge in [-0.1, -0.05) is 0 Å². The van der Waals surface area contributed by atoms with E-state index in [1.165, 1.54) is 6.07 Å². The maximum Gasteiger partial charge on any atom is 0.289 e. The molecule has 1 aliphatic carbocycles. The summed E-state index contributed by atoms with van der Waals surface area (Å²) in [6.07, 6.45) is 7.98. The van der Waals surface area contributed by atoms with E-state index in [4.69, 9.17) is 0 Å². The normalized spacial score (nSPS) is 21.3. The molecule has 2 aromatic rings. The number of amides is 1. The van der Waals surface area contributed by atoms with Gasteiger partial charge in [0.1, 0.15) is 0 Å². The van der Waals surface area contributed by atoms with Crippen LogP contribution in [0.15, 0.2) is 41.6 Å². The molecule has 1 fully saturated rings. The molecule has 1 aliphatic rings. The van der Waals surface area contributed by atoms with Gasteiger partial charge in [0.25, 0.3) is 11.5 Å². The third kappa shape index (κ3) is 3.19. The summed E-state index contributed by atoms with van der Waals surface area (Å²) in [4.78, 5) is 31.7. The predicted molar refractivity (Wildman–Crippen MR) is 79.3 cm³/mol. The zero-order chi connectivity index (χ0) is 15.4. The zero-order valence-corrected chi connectivity index (χ0v) is 12.1. The Kier molecular flexibility index (Phi) is 4.22. The van der Waals surface area contributed by atoms with Crippen LogP contribution < -0.4 is 10.9 Å². The Morgan fingerprint density at radius 1 is 1.09 bits per heavy atom. The molecular weight excluding hydrogens is 282 g/mol. The van der Waals surface area contributed by atoms with Crippen molar-refractivity contribution in [3.05, 3.63) is 53.0 Å². The van der Waals surface area contributed by atoms with E-state index in [2.05, 4.69) is 20.4 Å². The monoisotopic (exact) mass is 299 g/mol. The molecule has 0 aliphatic heterocycles. The van der Waals surface area contributed by atoms with E-state index >= 15 is 0 Å². The van der Waals surface area contributed by atoms with Gasteiger partial charge in [-0.15, -0.1) is 0 Å². The minimum absolute atomic E-state index is 0.0762. The standard InChI is InChI=1S/C15H17N5O2/c21-13-3-1-10-18-20(13)12-6-4-11(5-7-12)19-15(22)14-16-8-2-9-17-14/h1-3,8-12H,4-7H2,(H,19,22). The number of hydrogen-bond donors (Lipinski definition) is 1. The lowest BCUT2D eigenvalue weighted by Crippen LogP contribution is -2.40. The number of nitrogens with zero attached hydrogens (tertiary/aromatic N) is 4. The van der Waals surface area contributed by atoms with Crippen molar-refractivity contribution in [2.24, 2.45) is 0 Å². The molecule has 0 bridgehead atoms. The highest BCUT2D eigenvalue weighted by Gasteiger charge is 2.25. The SMILES string of the molecule is O=C(NC1CCC(n2ncccc2=O)CC1)c1ncccn1. The minimum Gasteiger partial charge on any atom is -0.347 e. The molecule has 7 nitrogen and oxygen atoms in total. The van der Waals surface area contributed by atoms with Gasteiger partial charge in [0, 0.05) is 30.7 Å². The van der Waals surface area contributed by atoms with Crippen LogP contribution in [0.5, 0.6) is 0 Å². The van der Waals surface area contributed by atoms with Crippen LogP contribution in [-0.4, -0.2) is 31.7 Å². The molecule has 1 amide bonds.